The third-order valence-electron chi connectivity index (χ3n) is 4.23. The summed E-state index contributed by atoms with van der Waals surface area (Å²) in [5.41, 5.74) is -0.0535. The van der Waals surface area contributed by atoms with Gasteiger partial charge in [-0.05, 0) is 44.9 Å². The molecule has 2 heterocycles. The molecule has 2 rings (SSSR count). The second kappa shape index (κ2) is 6.87. The normalized spacial score (nSPS) is 21.9. The van der Waals surface area contributed by atoms with Gasteiger partial charge in [0.1, 0.15) is 5.54 Å². The third-order valence-corrected chi connectivity index (χ3v) is 4.23. The Morgan fingerprint density at radius 2 is 2.23 bits per heavy atom. The highest BCUT2D eigenvalue weighted by Crippen LogP contribution is 2.28. The average Bonchev–Trinajstić information content (AvgIpc) is 2.48. The van der Waals surface area contributed by atoms with E-state index >= 15 is 0 Å². The van der Waals surface area contributed by atoms with Gasteiger partial charge in [-0.15, -0.1) is 0 Å². The van der Waals surface area contributed by atoms with E-state index in [1.54, 1.807) is 19.3 Å². The van der Waals surface area contributed by atoms with Crippen molar-refractivity contribution in [2.24, 2.45) is 0 Å². The van der Waals surface area contributed by atoms with Gasteiger partial charge < -0.3 is 10.0 Å². The third kappa shape index (κ3) is 3.62. The number of aliphatic carboxylic acids is 1. The van der Waals surface area contributed by atoms with E-state index in [4.69, 9.17) is 0 Å². The van der Waals surface area contributed by atoms with Crippen LogP contribution < -0.4 is 0 Å². The molecule has 120 valence electrons. The van der Waals surface area contributed by atoms with Gasteiger partial charge in [-0.3, -0.25) is 14.7 Å². The summed E-state index contributed by atoms with van der Waals surface area (Å²) in [7, 11) is 1.85. The first-order valence-corrected chi connectivity index (χ1v) is 7.55. The first-order valence-electron chi connectivity index (χ1n) is 7.55. The highest BCUT2D eigenvalue weighted by Gasteiger charge is 2.43. The number of pyridine rings is 1. The lowest BCUT2D eigenvalue weighted by Gasteiger charge is -2.42. The minimum atomic E-state index is -1.08. The number of amides is 1. The minimum Gasteiger partial charge on any atom is -0.480 e. The molecule has 22 heavy (non-hydrogen) atoms. The van der Waals surface area contributed by atoms with Gasteiger partial charge in [-0.1, -0.05) is 6.07 Å². The lowest BCUT2D eigenvalue weighted by molar-refractivity contribution is -0.161. The van der Waals surface area contributed by atoms with Crippen LogP contribution in [0.25, 0.3) is 0 Å². The van der Waals surface area contributed by atoms with Crippen LogP contribution >= 0.6 is 0 Å². The van der Waals surface area contributed by atoms with Gasteiger partial charge >= 0.3 is 5.97 Å². The van der Waals surface area contributed by atoms with Gasteiger partial charge in [0.05, 0.1) is 6.54 Å². The number of hydrogen-bond acceptors (Lipinski definition) is 4. The van der Waals surface area contributed by atoms with Crippen molar-refractivity contribution in [2.75, 3.05) is 20.1 Å². The Hall–Kier alpha value is -1.95. The zero-order valence-electron chi connectivity index (χ0n) is 13.2. The quantitative estimate of drug-likeness (QED) is 0.889. The van der Waals surface area contributed by atoms with E-state index in [0.717, 1.165) is 18.4 Å². The Morgan fingerprint density at radius 3 is 2.86 bits per heavy atom. The number of carbonyl (C=O) groups excluding carboxylic acids is 1. The zero-order chi connectivity index (χ0) is 16.2. The Bertz CT molecular complexity index is 535. The molecule has 6 heteroatoms. The molecule has 1 saturated heterocycles. The standard InChI is InChI=1S/C16H23N3O3/c1-16(15(21)22)7-3-4-9-19(16)14(20)12-18(2)11-13-6-5-8-17-10-13/h5-6,8,10H,3-4,7,9,11-12H2,1-2H3,(H,21,22)/t16-/m0/s1. The van der Waals surface area contributed by atoms with Crippen molar-refractivity contribution in [3.05, 3.63) is 30.1 Å². The smallest absolute Gasteiger partial charge is 0.329 e. The van der Waals surface area contributed by atoms with Crippen LogP contribution in [0, 0.1) is 0 Å². The fourth-order valence-electron chi connectivity index (χ4n) is 2.92. The lowest BCUT2D eigenvalue weighted by atomic mass is 9.88. The molecule has 1 amide bonds. The number of likely N-dealkylation sites (tertiary alicyclic amines) is 1. The molecule has 0 aliphatic carbocycles. The zero-order valence-corrected chi connectivity index (χ0v) is 13.2. The van der Waals surface area contributed by atoms with Gasteiger partial charge in [0.15, 0.2) is 0 Å². The van der Waals surface area contributed by atoms with E-state index in [1.165, 1.54) is 4.90 Å². The molecule has 1 aliphatic rings. The van der Waals surface area contributed by atoms with Crippen LogP contribution in [0.5, 0.6) is 0 Å². The largest absolute Gasteiger partial charge is 0.480 e. The molecule has 0 bridgehead atoms. The van der Waals surface area contributed by atoms with Crippen LogP contribution in [0.4, 0.5) is 0 Å². The minimum absolute atomic E-state index is 0.129. The lowest BCUT2D eigenvalue weighted by Crippen LogP contribution is -2.59. The summed E-state index contributed by atoms with van der Waals surface area (Å²) in [5, 5.41) is 9.47. The van der Waals surface area contributed by atoms with Gasteiger partial charge in [-0.25, -0.2) is 4.79 Å². The molecule has 1 aromatic heterocycles. The van der Waals surface area contributed by atoms with Gasteiger partial charge in [0.25, 0.3) is 0 Å². The highest BCUT2D eigenvalue weighted by atomic mass is 16.4. The summed E-state index contributed by atoms with van der Waals surface area (Å²) in [6.07, 6.45) is 5.70. The molecule has 1 aromatic rings. The summed E-state index contributed by atoms with van der Waals surface area (Å²) in [4.78, 5) is 31.5. The number of piperidine rings is 1. The Kier molecular flexibility index (Phi) is 5.13. The first kappa shape index (κ1) is 16.4. The maximum Gasteiger partial charge on any atom is 0.329 e. The summed E-state index contributed by atoms with van der Waals surface area (Å²) in [6.45, 7) is 2.98. The number of nitrogens with zero attached hydrogens (tertiary/aromatic N) is 3. The van der Waals surface area contributed by atoms with Gasteiger partial charge in [0.2, 0.25) is 5.91 Å². The van der Waals surface area contributed by atoms with Crippen LogP contribution in [0.3, 0.4) is 0 Å². The summed E-state index contributed by atoms with van der Waals surface area (Å²) < 4.78 is 0. The van der Waals surface area contributed by atoms with E-state index in [1.807, 2.05) is 24.1 Å². The van der Waals surface area contributed by atoms with E-state index in [9.17, 15) is 14.7 Å². The van der Waals surface area contributed by atoms with Crippen molar-refractivity contribution in [1.82, 2.24) is 14.8 Å². The molecule has 0 unspecified atom stereocenters. The second-order valence-corrected chi connectivity index (χ2v) is 6.12. The average molecular weight is 305 g/mol. The Labute approximate surface area is 130 Å². The topological polar surface area (TPSA) is 73.7 Å². The van der Waals surface area contributed by atoms with Gasteiger partial charge in [-0.2, -0.15) is 0 Å². The maximum atomic E-state index is 12.5. The van der Waals surface area contributed by atoms with Crippen LogP contribution in [-0.2, 0) is 16.1 Å². The number of carbonyl (C=O) groups is 2. The number of aromatic nitrogens is 1. The molecule has 0 radical (unpaired) electrons. The second-order valence-electron chi connectivity index (χ2n) is 6.12. The summed E-state index contributed by atoms with van der Waals surface area (Å²) >= 11 is 0. The summed E-state index contributed by atoms with van der Waals surface area (Å²) in [5.74, 6) is -1.05. The van der Waals surface area contributed by atoms with Crippen molar-refractivity contribution in [3.63, 3.8) is 0 Å². The highest BCUT2D eigenvalue weighted by molar-refractivity contribution is 5.87. The SMILES string of the molecule is CN(CC(=O)N1CCCC[C@@]1(C)C(=O)O)Cc1cccnc1. The molecule has 0 saturated carbocycles. The van der Waals surface area contributed by atoms with E-state index in [-0.39, 0.29) is 12.5 Å². The Morgan fingerprint density at radius 1 is 1.45 bits per heavy atom. The monoisotopic (exact) mass is 305 g/mol. The van der Waals surface area contributed by atoms with E-state index < -0.39 is 11.5 Å². The van der Waals surface area contributed by atoms with Crippen molar-refractivity contribution in [2.45, 2.75) is 38.3 Å². The van der Waals surface area contributed by atoms with Crippen LogP contribution in [0.15, 0.2) is 24.5 Å². The molecule has 0 spiro atoms. The molecule has 1 N–H and O–H groups in total. The Balaban J connectivity index is 1.99. The number of rotatable bonds is 5. The molecular weight excluding hydrogens is 282 g/mol. The van der Waals surface area contributed by atoms with Gasteiger partial charge in [0, 0.05) is 25.5 Å². The predicted molar refractivity (Wildman–Crippen MR) is 82.2 cm³/mol. The molecule has 1 aliphatic heterocycles. The number of carboxylic acid groups (broad SMARTS) is 1. The van der Waals surface area contributed by atoms with E-state index in [0.29, 0.717) is 19.5 Å². The fourth-order valence-corrected chi connectivity index (χ4v) is 2.92. The van der Waals surface area contributed by atoms with Crippen LogP contribution in [0.1, 0.15) is 31.7 Å². The van der Waals surface area contributed by atoms with Crippen molar-refractivity contribution in [1.29, 1.82) is 0 Å². The van der Waals surface area contributed by atoms with Crippen LogP contribution in [-0.4, -0.2) is 57.4 Å². The van der Waals surface area contributed by atoms with Crippen molar-refractivity contribution >= 4 is 11.9 Å². The predicted octanol–water partition coefficient (Wildman–Crippen LogP) is 1.37. The fraction of sp³-hybridized carbons (Fsp3) is 0.562. The molecule has 0 aromatic carbocycles. The molecule has 1 fully saturated rings. The summed E-state index contributed by atoms with van der Waals surface area (Å²) in [6, 6.07) is 3.81. The number of hydrogen-bond donors (Lipinski definition) is 1. The van der Waals surface area contributed by atoms with Crippen molar-refractivity contribution in [3.8, 4) is 0 Å². The molecule has 1 atom stereocenters. The first-order chi connectivity index (χ1) is 10.4. The molecule has 6 nitrogen and oxygen atoms in total. The maximum absolute atomic E-state index is 12.5. The number of likely N-dealkylation sites (N-methyl/N-ethyl adjacent to an activating group) is 1. The van der Waals surface area contributed by atoms with Crippen LogP contribution in [0.2, 0.25) is 0 Å². The number of carboxylic acids is 1. The molecular formula is C16H23N3O3. The van der Waals surface area contributed by atoms with E-state index in [2.05, 4.69) is 4.98 Å². The van der Waals surface area contributed by atoms with Crippen molar-refractivity contribution < 1.29 is 14.7 Å².